The molecule has 0 fully saturated rings. The van der Waals surface area contributed by atoms with Gasteiger partial charge < -0.3 is 9.47 Å². The third-order valence-corrected chi connectivity index (χ3v) is 3.31. The molecule has 3 rings (SSSR count). The maximum Gasteiger partial charge on any atom is 0.167 e. The van der Waals surface area contributed by atoms with Gasteiger partial charge in [0, 0.05) is 18.7 Å². The van der Waals surface area contributed by atoms with E-state index in [-0.39, 0.29) is 0 Å². The quantitative estimate of drug-likeness (QED) is 0.841. The average Bonchev–Trinajstić information content (AvgIpc) is 2.47. The highest BCUT2D eigenvalue weighted by atomic mass is 16.5. The molecular weight excluding hydrogens is 238 g/mol. The van der Waals surface area contributed by atoms with Crippen molar-refractivity contribution >= 4 is 0 Å². The number of rotatable bonds is 3. The summed E-state index contributed by atoms with van der Waals surface area (Å²) < 4.78 is 11.2. The lowest BCUT2D eigenvalue weighted by Gasteiger charge is -2.29. The summed E-state index contributed by atoms with van der Waals surface area (Å²) in [5, 5.41) is 0. The van der Waals surface area contributed by atoms with Crippen LogP contribution in [0.4, 0.5) is 0 Å². The minimum atomic E-state index is 0.599. The fraction of sp³-hybridized carbons (Fsp3) is 0.250. The van der Waals surface area contributed by atoms with Crippen molar-refractivity contribution in [2.45, 2.75) is 13.1 Å². The number of methoxy groups -OCH3 is 1. The van der Waals surface area contributed by atoms with Gasteiger partial charge in [0.25, 0.3) is 0 Å². The Morgan fingerprint density at radius 2 is 1.95 bits per heavy atom. The molecule has 1 aliphatic heterocycles. The van der Waals surface area contributed by atoms with Crippen LogP contribution in [0.1, 0.15) is 11.1 Å². The van der Waals surface area contributed by atoms with Gasteiger partial charge >= 0.3 is 0 Å². The highest BCUT2D eigenvalue weighted by Crippen LogP contribution is 2.34. The predicted octanol–water partition coefficient (Wildman–Crippen LogP) is 3.05. The van der Waals surface area contributed by atoms with Gasteiger partial charge in [0.05, 0.1) is 7.11 Å². The van der Waals surface area contributed by atoms with Gasteiger partial charge in [-0.3, -0.25) is 4.90 Å². The van der Waals surface area contributed by atoms with Crippen molar-refractivity contribution in [1.82, 2.24) is 4.90 Å². The monoisotopic (exact) mass is 255 g/mol. The van der Waals surface area contributed by atoms with Crippen LogP contribution in [0, 0.1) is 0 Å². The Morgan fingerprint density at radius 3 is 2.74 bits per heavy atom. The summed E-state index contributed by atoms with van der Waals surface area (Å²) in [6.45, 7) is 2.39. The first kappa shape index (κ1) is 12.1. The van der Waals surface area contributed by atoms with Crippen LogP contribution in [-0.4, -0.2) is 18.7 Å². The van der Waals surface area contributed by atoms with E-state index in [0.717, 1.165) is 24.6 Å². The molecule has 0 radical (unpaired) electrons. The molecular formula is C16H17NO2. The van der Waals surface area contributed by atoms with Crippen LogP contribution in [0.15, 0.2) is 48.5 Å². The average molecular weight is 255 g/mol. The molecule has 2 aromatic rings. The van der Waals surface area contributed by atoms with E-state index in [0.29, 0.717) is 6.73 Å². The van der Waals surface area contributed by atoms with Gasteiger partial charge in [0.2, 0.25) is 0 Å². The third kappa shape index (κ3) is 2.56. The molecule has 3 heteroatoms. The van der Waals surface area contributed by atoms with E-state index in [1.807, 2.05) is 18.2 Å². The Labute approximate surface area is 113 Å². The lowest BCUT2D eigenvalue weighted by molar-refractivity contribution is 0.0854. The zero-order valence-corrected chi connectivity index (χ0v) is 11.0. The normalized spacial score (nSPS) is 14.6. The Kier molecular flexibility index (Phi) is 3.38. The molecule has 0 bridgehead atoms. The molecule has 0 N–H and O–H groups in total. The van der Waals surface area contributed by atoms with Gasteiger partial charge in [-0.2, -0.15) is 0 Å². The Morgan fingerprint density at radius 1 is 1.11 bits per heavy atom. The first-order chi connectivity index (χ1) is 9.36. The number of benzene rings is 2. The zero-order chi connectivity index (χ0) is 13.1. The van der Waals surface area contributed by atoms with E-state index >= 15 is 0 Å². The smallest absolute Gasteiger partial charge is 0.167 e. The van der Waals surface area contributed by atoms with Crippen LogP contribution in [0.2, 0.25) is 0 Å². The number of ether oxygens (including phenoxy) is 2. The SMILES string of the molecule is COc1cccc2c1OCN(Cc1ccccc1)C2. The van der Waals surface area contributed by atoms with Gasteiger partial charge in [0.15, 0.2) is 11.5 Å². The summed E-state index contributed by atoms with van der Waals surface area (Å²) in [5.41, 5.74) is 2.49. The zero-order valence-electron chi connectivity index (χ0n) is 11.0. The second-order valence-corrected chi connectivity index (χ2v) is 4.69. The first-order valence-corrected chi connectivity index (χ1v) is 6.42. The molecule has 3 nitrogen and oxygen atoms in total. The van der Waals surface area contributed by atoms with Crippen molar-refractivity contribution in [1.29, 1.82) is 0 Å². The summed E-state index contributed by atoms with van der Waals surface area (Å²) >= 11 is 0. The molecule has 2 aromatic carbocycles. The molecule has 0 unspecified atom stereocenters. The third-order valence-electron chi connectivity index (χ3n) is 3.31. The lowest BCUT2D eigenvalue weighted by atomic mass is 10.1. The van der Waals surface area contributed by atoms with E-state index in [1.54, 1.807) is 7.11 Å². The molecule has 0 amide bonds. The molecule has 0 atom stereocenters. The molecule has 0 saturated heterocycles. The number of fused-ring (bicyclic) bond motifs is 1. The van der Waals surface area contributed by atoms with Gasteiger partial charge in [-0.15, -0.1) is 0 Å². The van der Waals surface area contributed by atoms with Gasteiger partial charge in [-0.05, 0) is 11.6 Å². The molecule has 0 spiro atoms. The Hall–Kier alpha value is -2.00. The minimum Gasteiger partial charge on any atom is -0.493 e. The van der Waals surface area contributed by atoms with Crippen LogP contribution in [0.25, 0.3) is 0 Å². The van der Waals surface area contributed by atoms with Gasteiger partial charge in [-0.25, -0.2) is 0 Å². The van der Waals surface area contributed by atoms with Crippen molar-refractivity contribution in [2.75, 3.05) is 13.8 Å². The molecule has 1 aliphatic rings. The number of hydrogen-bond donors (Lipinski definition) is 0. The van der Waals surface area contributed by atoms with E-state index in [2.05, 4.69) is 35.2 Å². The van der Waals surface area contributed by atoms with E-state index in [1.165, 1.54) is 11.1 Å². The van der Waals surface area contributed by atoms with E-state index in [4.69, 9.17) is 9.47 Å². The Bertz CT molecular complexity index is 554. The second kappa shape index (κ2) is 5.33. The first-order valence-electron chi connectivity index (χ1n) is 6.42. The van der Waals surface area contributed by atoms with E-state index in [9.17, 15) is 0 Å². The minimum absolute atomic E-state index is 0.599. The highest BCUT2D eigenvalue weighted by molar-refractivity contribution is 5.47. The summed E-state index contributed by atoms with van der Waals surface area (Å²) in [4.78, 5) is 2.27. The van der Waals surface area contributed by atoms with Gasteiger partial charge in [-0.1, -0.05) is 42.5 Å². The fourth-order valence-corrected chi connectivity index (χ4v) is 2.40. The molecule has 98 valence electrons. The van der Waals surface area contributed by atoms with Crippen molar-refractivity contribution < 1.29 is 9.47 Å². The predicted molar refractivity (Wildman–Crippen MR) is 74.2 cm³/mol. The van der Waals surface area contributed by atoms with Crippen LogP contribution >= 0.6 is 0 Å². The topological polar surface area (TPSA) is 21.7 Å². The van der Waals surface area contributed by atoms with E-state index < -0.39 is 0 Å². The standard InChI is InChI=1S/C16H17NO2/c1-18-15-9-5-8-14-11-17(12-19-16(14)15)10-13-6-3-2-4-7-13/h2-9H,10-12H2,1H3. The number of hydrogen-bond acceptors (Lipinski definition) is 3. The number of para-hydroxylation sites is 1. The summed E-state index contributed by atoms with van der Waals surface area (Å²) in [5.74, 6) is 1.70. The van der Waals surface area contributed by atoms with Crippen LogP contribution in [0.5, 0.6) is 11.5 Å². The summed E-state index contributed by atoms with van der Waals surface area (Å²) in [6.07, 6.45) is 0. The van der Waals surface area contributed by atoms with Gasteiger partial charge in [0.1, 0.15) is 6.73 Å². The lowest BCUT2D eigenvalue weighted by Crippen LogP contribution is -2.31. The van der Waals surface area contributed by atoms with Crippen molar-refractivity contribution in [3.05, 3.63) is 59.7 Å². The molecule has 0 saturated carbocycles. The highest BCUT2D eigenvalue weighted by Gasteiger charge is 2.20. The summed E-state index contributed by atoms with van der Waals surface area (Å²) in [7, 11) is 1.68. The van der Waals surface area contributed by atoms with Crippen molar-refractivity contribution in [3.8, 4) is 11.5 Å². The maximum atomic E-state index is 5.83. The maximum absolute atomic E-state index is 5.83. The Balaban J connectivity index is 1.76. The molecule has 1 heterocycles. The second-order valence-electron chi connectivity index (χ2n) is 4.69. The molecule has 19 heavy (non-hydrogen) atoms. The summed E-state index contributed by atoms with van der Waals surface area (Å²) in [6, 6.07) is 16.5. The van der Waals surface area contributed by atoms with Crippen molar-refractivity contribution in [2.24, 2.45) is 0 Å². The molecule has 0 aromatic heterocycles. The molecule has 0 aliphatic carbocycles. The van der Waals surface area contributed by atoms with Crippen LogP contribution < -0.4 is 9.47 Å². The van der Waals surface area contributed by atoms with Crippen LogP contribution in [-0.2, 0) is 13.1 Å². The number of nitrogens with zero attached hydrogens (tertiary/aromatic N) is 1. The van der Waals surface area contributed by atoms with Crippen LogP contribution in [0.3, 0.4) is 0 Å². The largest absolute Gasteiger partial charge is 0.493 e. The fourth-order valence-electron chi connectivity index (χ4n) is 2.40. The van der Waals surface area contributed by atoms with Crippen molar-refractivity contribution in [3.63, 3.8) is 0 Å².